The summed E-state index contributed by atoms with van der Waals surface area (Å²) in [7, 11) is 1.62. The molecule has 27 heavy (non-hydrogen) atoms. The van der Waals surface area contributed by atoms with E-state index in [4.69, 9.17) is 16.3 Å². The van der Waals surface area contributed by atoms with Gasteiger partial charge in [0.1, 0.15) is 5.76 Å². The molecule has 0 aromatic carbocycles. The van der Waals surface area contributed by atoms with Crippen LogP contribution in [-0.4, -0.2) is 54.4 Å². The van der Waals surface area contributed by atoms with Gasteiger partial charge in [0, 0.05) is 56.4 Å². The van der Waals surface area contributed by atoms with Gasteiger partial charge in [-0.2, -0.15) is 0 Å². The maximum absolute atomic E-state index is 6.39. The average molecular weight is 390 g/mol. The van der Waals surface area contributed by atoms with Crippen LogP contribution in [0.3, 0.4) is 0 Å². The molecule has 2 aliphatic heterocycles. The second-order valence-electron chi connectivity index (χ2n) is 7.28. The first-order chi connectivity index (χ1) is 12.9. The van der Waals surface area contributed by atoms with Crippen LogP contribution in [0.25, 0.3) is 0 Å². The molecule has 1 aromatic rings. The fourth-order valence-electron chi connectivity index (χ4n) is 3.60. The number of nitrogens with one attached hydrogen (secondary N) is 1. The quantitative estimate of drug-likeness (QED) is 0.596. The third kappa shape index (κ3) is 4.34. The third-order valence-electron chi connectivity index (χ3n) is 5.19. The Morgan fingerprint density at radius 2 is 2.07 bits per heavy atom. The second-order valence-corrected chi connectivity index (χ2v) is 7.64. The van der Waals surface area contributed by atoms with Gasteiger partial charge in [0.05, 0.1) is 7.11 Å². The molecule has 1 fully saturated rings. The molecular weight excluding hydrogens is 362 g/mol. The van der Waals surface area contributed by atoms with E-state index in [1.54, 1.807) is 7.11 Å². The van der Waals surface area contributed by atoms with Crippen molar-refractivity contribution in [1.29, 1.82) is 0 Å². The Bertz CT molecular complexity index is 776. The topological polar surface area (TPSA) is 53.5 Å². The summed E-state index contributed by atoms with van der Waals surface area (Å²) < 4.78 is 5.20. The van der Waals surface area contributed by atoms with Crippen molar-refractivity contribution in [3.8, 4) is 0 Å². The molecule has 1 saturated heterocycles. The van der Waals surface area contributed by atoms with E-state index in [2.05, 4.69) is 45.4 Å². The summed E-state index contributed by atoms with van der Waals surface area (Å²) in [5.74, 6) is 1.59. The number of rotatable bonds is 6. The average Bonchev–Trinajstić information content (AvgIpc) is 3.07. The van der Waals surface area contributed by atoms with E-state index < -0.39 is 0 Å². The molecule has 1 atom stereocenters. The standard InChI is InChI=1S/C20H28ClN5O/c1-13(2)16(8-15(4)27-5)10-25-11-17-18(12-25)20(24-23-19(17)21)26-7-6-22-9-14(26)3/h8,14,22H,1,4,6-7,9-12H2,2-3,5H3/b16-8-. The van der Waals surface area contributed by atoms with Gasteiger partial charge in [0.15, 0.2) is 11.0 Å². The highest BCUT2D eigenvalue weighted by molar-refractivity contribution is 6.30. The molecule has 7 heteroatoms. The van der Waals surface area contributed by atoms with E-state index in [1.807, 2.05) is 13.0 Å². The molecule has 1 N–H and O–H groups in total. The number of hydrogen-bond acceptors (Lipinski definition) is 6. The van der Waals surface area contributed by atoms with Crippen LogP contribution in [0.5, 0.6) is 0 Å². The molecule has 2 aliphatic rings. The van der Waals surface area contributed by atoms with Crippen molar-refractivity contribution < 1.29 is 4.74 Å². The zero-order valence-corrected chi connectivity index (χ0v) is 17.1. The van der Waals surface area contributed by atoms with Crippen molar-refractivity contribution in [1.82, 2.24) is 20.4 Å². The second kappa shape index (κ2) is 8.42. The minimum absolute atomic E-state index is 0.378. The maximum Gasteiger partial charge on any atom is 0.156 e. The number of allylic oxidation sites excluding steroid dienone is 1. The van der Waals surface area contributed by atoms with Crippen molar-refractivity contribution >= 4 is 17.4 Å². The first kappa shape index (κ1) is 19.9. The Morgan fingerprint density at radius 3 is 2.74 bits per heavy atom. The minimum Gasteiger partial charge on any atom is -0.497 e. The van der Waals surface area contributed by atoms with Crippen LogP contribution in [0.15, 0.2) is 36.1 Å². The zero-order valence-electron chi connectivity index (χ0n) is 16.4. The fraction of sp³-hybridized carbons (Fsp3) is 0.500. The van der Waals surface area contributed by atoms with Gasteiger partial charge >= 0.3 is 0 Å². The SMILES string of the molecule is C=C(/C=C(/CN1Cc2c(Cl)nnc(N3CCNCC3C)c2C1)C(=C)C)OC. The van der Waals surface area contributed by atoms with Crippen LogP contribution in [-0.2, 0) is 17.8 Å². The number of hydrogen-bond donors (Lipinski definition) is 1. The summed E-state index contributed by atoms with van der Waals surface area (Å²) in [4.78, 5) is 4.67. The number of halogens is 1. The highest BCUT2D eigenvalue weighted by atomic mass is 35.5. The molecule has 6 nitrogen and oxygen atoms in total. The smallest absolute Gasteiger partial charge is 0.156 e. The molecule has 1 unspecified atom stereocenters. The predicted molar refractivity (Wildman–Crippen MR) is 110 cm³/mol. The van der Waals surface area contributed by atoms with E-state index in [0.717, 1.165) is 61.8 Å². The van der Waals surface area contributed by atoms with E-state index >= 15 is 0 Å². The van der Waals surface area contributed by atoms with Gasteiger partial charge in [0.25, 0.3) is 0 Å². The van der Waals surface area contributed by atoms with Gasteiger partial charge in [-0.05, 0) is 25.5 Å². The lowest BCUT2D eigenvalue weighted by Gasteiger charge is -2.35. The van der Waals surface area contributed by atoms with Crippen LogP contribution in [0, 0.1) is 0 Å². The lowest BCUT2D eigenvalue weighted by atomic mass is 10.1. The zero-order chi connectivity index (χ0) is 19.6. The van der Waals surface area contributed by atoms with Crippen LogP contribution in [0.1, 0.15) is 25.0 Å². The van der Waals surface area contributed by atoms with Crippen LogP contribution in [0.2, 0.25) is 5.15 Å². The van der Waals surface area contributed by atoms with E-state index in [1.165, 1.54) is 5.56 Å². The molecule has 3 rings (SSSR count). The Balaban J connectivity index is 1.84. The highest BCUT2D eigenvalue weighted by Gasteiger charge is 2.31. The number of methoxy groups -OCH3 is 1. The summed E-state index contributed by atoms with van der Waals surface area (Å²) in [5, 5.41) is 12.6. The lowest BCUT2D eigenvalue weighted by molar-refractivity contribution is 0.300. The van der Waals surface area contributed by atoms with E-state index in [-0.39, 0.29) is 0 Å². The maximum atomic E-state index is 6.39. The first-order valence-electron chi connectivity index (χ1n) is 9.23. The molecule has 1 aromatic heterocycles. The highest BCUT2D eigenvalue weighted by Crippen LogP contribution is 2.35. The van der Waals surface area contributed by atoms with Crippen molar-refractivity contribution in [3.05, 3.63) is 52.4 Å². The Hall–Kier alpha value is -1.89. The number of ether oxygens (including phenoxy) is 1. The number of anilines is 1. The Labute approximate surface area is 166 Å². The van der Waals surface area contributed by atoms with Crippen LogP contribution < -0.4 is 10.2 Å². The summed E-state index contributed by atoms with van der Waals surface area (Å²) in [6.07, 6.45) is 1.95. The van der Waals surface area contributed by atoms with E-state index in [0.29, 0.717) is 17.0 Å². The minimum atomic E-state index is 0.378. The molecule has 0 bridgehead atoms. The molecule has 146 valence electrons. The number of fused-ring (bicyclic) bond motifs is 1. The van der Waals surface area contributed by atoms with Gasteiger partial charge in [-0.1, -0.05) is 30.3 Å². The summed E-state index contributed by atoms with van der Waals surface area (Å²) >= 11 is 6.39. The van der Waals surface area contributed by atoms with Crippen molar-refractivity contribution in [3.63, 3.8) is 0 Å². The van der Waals surface area contributed by atoms with Gasteiger partial charge in [-0.15, -0.1) is 10.2 Å². The molecule has 0 radical (unpaired) electrons. The Kier molecular flexibility index (Phi) is 6.19. The molecule has 0 aliphatic carbocycles. The van der Waals surface area contributed by atoms with Gasteiger partial charge in [-0.3, -0.25) is 4.90 Å². The van der Waals surface area contributed by atoms with Gasteiger partial charge in [-0.25, -0.2) is 0 Å². The van der Waals surface area contributed by atoms with Crippen LogP contribution in [0.4, 0.5) is 5.82 Å². The van der Waals surface area contributed by atoms with Gasteiger partial charge in [0.2, 0.25) is 0 Å². The number of nitrogens with zero attached hydrogens (tertiary/aromatic N) is 4. The largest absolute Gasteiger partial charge is 0.497 e. The lowest BCUT2D eigenvalue weighted by Crippen LogP contribution is -2.50. The fourth-order valence-corrected chi connectivity index (χ4v) is 3.81. The molecule has 0 saturated carbocycles. The molecule has 3 heterocycles. The van der Waals surface area contributed by atoms with Crippen LogP contribution >= 0.6 is 11.6 Å². The molecule has 0 spiro atoms. The normalized spacial score (nSPS) is 20.5. The first-order valence-corrected chi connectivity index (χ1v) is 9.61. The summed E-state index contributed by atoms with van der Waals surface area (Å²) in [6, 6.07) is 0.378. The van der Waals surface area contributed by atoms with Crippen molar-refractivity contribution in [2.45, 2.75) is 33.0 Å². The van der Waals surface area contributed by atoms with Gasteiger partial charge < -0.3 is 15.0 Å². The summed E-state index contributed by atoms with van der Waals surface area (Å²) in [5.41, 5.74) is 4.38. The molecular formula is C20H28ClN5O. The van der Waals surface area contributed by atoms with E-state index in [9.17, 15) is 0 Å². The number of aromatic nitrogens is 2. The monoisotopic (exact) mass is 389 g/mol. The Morgan fingerprint density at radius 1 is 1.33 bits per heavy atom. The summed E-state index contributed by atoms with van der Waals surface area (Å²) in [6.45, 7) is 17.3. The number of piperazine rings is 1. The van der Waals surface area contributed by atoms with Crippen molar-refractivity contribution in [2.24, 2.45) is 0 Å². The predicted octanol–water partition coefficient (Wildman–Crippen LogP) is 2.91. The third-order valence-corrected chi connectivity index (χ3v) is 5.50. The van der Waals surface area contributed by atoms with Crippen molar-refractivity contribution in [2.75, 3.05) is 38.2 Å². The molecule has 0 amide bonds.